The van der Waals surface area contributed by atoms with E-state index in [1.807, 2.05) is 0 Å². The SMILES string of the molecule is CC(C)(C)CC(C)(C)NC(=O)CCSc1ccc(F)cc1. The van der Waals surface area contributed by atoms with Crippen molar-refractivity contribution >= 4 is 17.7 Å². The number of amides is 1. The molecule has 0 aliphatic heterocycles. The van der Waals surface area contributed by atoms with E-state index in [0.717, 1.165) is 11.3 Å². The second kappa shape index (κ2) is 7.30. The van der Waals surface area contributed by atoms with Gasteiger partial charge in [-0.1, -0.05) is 20.8 Å². The third-order valence-corrected chi connectivity index (χ3v) is 3.88. The van der Waals surface area contributed by atoms with Gasteiger partial charge in [0.15, 0.2) is 0 Å². The van der Waals surface area contributed by atoms with Crippen molar-refractivity contribution in [3.63, 3.8) is 0 Å². The monoisotopic (exact) mass is 311 g/mol. The van der Waals surface area contributed by atoms with Gasteiger partial charge in [0.1, 0.15) is 5.82 Å². The summed E-state index contributed by atoms with van der Waals surface area (Å²) in [7, 11) is 0. The van der Waals surface area contributed by atoms with Gasteiger partial charge in [0.25, 0.3) is 0 Å². The molecule has 0 spiro atoms. The predicted octanol–water partition coefficient (Wildman–Crippen LogP) is 4.64. The summed E-state index contributed by atoms with van der Waals surface area (Å²) in [6, 6.07) is 6.35. The maximum absolute atomic E-state index is 12.8. The van der Waals surface area contributed by atoms with E-state index < -0.39 is 0 Å². The fourth-order valence-electron chi connectivity index (χ4n) is 2.60. The molecule has 0 saturated heterocycles. The lowest BCUT2D eigenvalue weighted by Crippen LogP contribution is -2.45. The highest BCUT2D eigenvalue weighted by molar-refractivity contribution is 7.99. The second-order valence-corrected chi connectivity index (χ2v) is 8.39. The minimum absolute atomic E-state index is 0.0684. The van der Waals surface area contributed by atoms with Crippen molar-refractivity contribution in [1.29, 1.82) is 0 Å². The summed E-state index contributed by atoms with van der Waals surface area (Å²) in [6.07, 6.45) is 1.40. The Hall–Kier alpha value is -1.03. The average molecular weight is 311 g/mol. The Morgan fingerprint density at radius 3 is 2.24 bits per heavy atom. The summed E-state index contributed by atoms with van der Waals surface area (Å²) in [5, 5.41) is 3.10. The number of carbonyl (C=O) groups excluding carboxylic acids is 1. The lowest BCUT2D eigenvalue weighted by Gasteiger charge is -2.33. The lowest BCUT2D eigenvalue weighted by atomic mass is 9.82. The van der Waals surface area contributed by atoms with E-state index in [-0.39, 0.29) is 22.7 Å². The van der Waals surface area contributed by atoms with Crippen LogP contribution in [0.15, 0.2) is 29.2 Å². The number of hydrogen-bond donors (Lipinski definition) is 1. The molecule has 0 bridgehead atoms. The molecule has 1 aromatic rings. The molecular formula is C17H26FNOS. The van der Waals surface area contributed by atoms with Crippen molar-refractivity contribution in [3.8, 4) is 0 Å². The molecule has 0 aromatic heterocycles. The fraction of sp³-hybridized carbons (Fsp3) is 0.588. The van der Waals surface area contributed by atoms with Gasteiger partial charge in [-0.05, 0) is 49.9 Å². The summed E-state index contributed by atoms with van der Waals surface area (Å²) in [6.45, 7) is 10.6. The molecule has 0 atom stereocenters. The molecule has 4 heteroatoms. The third-order valence-electron chi connectivity index (χ3n) is 2.86. The topological polar surface area (TPSA) is 29.1 Å². The van der Waals surface area contributed by atoms with Crippen molar-refractivity contribution in [2.24, 2.45) is 5.41 Å². The summed E-state index contributed by atoms with van der Waals surface area (Å²) >= 11 is 1.57. The standard InChI is InChI=1S/C17H26FNOS/c1-16(2,3)12-17(4,5)19-15(20)10-11-21-14-8-6-13(18)7-9-14/h6-9H,10-12H2,1-5H3,(H,19,20). The molecule has 118 valence electrons. The predicted molar refractivity (Wildman–Crippen MR) is 88.0 cm³/mol. The van der Waals surface area contributed by atoms with Crippen LogP contribution in [0.2, 0.25) is 0 Å². The van der Waals surface area contributed by atoms with Gasteiger partial charge in [-0.15, -0.1) is 11.8 Å². The quantitative estimate of drug-likeness (QED) is 0.776. The molecular weight excluding hydrogens is 285 g/mol. The first kappa shape index (κ1) is 18.0. The van der Waals surface area contributed by atoms with E-state index in [1.165, 1.54) is 12.1 Å². The molecule has 0 aliphatic carbocycles. The Bertz CT molecular complexity index is 463. The van der Waals surface area contributed by atoms with E-state index in [0.29, 0.717) is 12.2 Å². The molecule has 1 N–H and O–H groups in total. The van der Waals surface area contributed by atoms with Crippen molar-refractivity contribution in [2.45, 2.75) is 57.9 Å². The second-order valence-electron chi connectivity index (χ2n) is 7.22. The van der Waals surface area contributed by atoms with Crippen LogP contribution < -0.4 is 5.32 Å². The Morgan fingerprint density at radius 2 is 1.71 bits per heavy atom. The van der Waals surface area contributed by atoms with Gasteiger partial charge in [0.2, 0.25) is 5.91 Å². The highest BCUT2D eigenvalue weighted by Gasteiger charge is 2.26. The van der Waals surface area contributed by atoms with Gasteiger partial charge in [-0.2, -0.15) is 0 Å². The van der Waals surface area contributed by atoms with Crippen LogP contribution in [0.3, 0.4) is 0 Å². The van der Waals surface area contributed by atoms with Crippen LogP contribution in [0.25, 0.3) is 0 Å². The minimum Gasteiger partial charge on any atom is -0.351 e. The van der Waals surface area contributed by atoms with E-state index in [2.05, 4.69) is 39.9 Å². The molecule has 1 amide bonds. The minimum atomic E-state index is -0.235. The van der Waals surface area contributed by atoms with E-state index in [9.17, 15) is 9.18 Å². The van der Waals surface area contributed by atoms with Gasteiger partial charge in [-0.25, -0.2) is 4.39 Å². The number of halogens is 1. The third kappa shape index (κ3) is 8.10. The van der Waals surface area contributed by atoms with Crippen LogP contribution in [-0.4, -0.2) is 17.2 Å². The molecule has 2 nitrogen and oxygen atoms in total. The first-order chi connectivity index (χ1) is 9.57. The lowest BCUT2D eigenvalue weighted by molar-refractivity contribution is -0.122. The first-order valence-corrected chi connectivity index (χ1v) is 8.25. The summed E-state index contributed by atoms with van der Waals surface area (Å²) < 4.78 is 12.8. The van der Waals surface area contributed by atoms with Crippen molar-refractivity contribution < 1.29 is 9.18 Å². The van der Waals surface area contributed by atoms with Crippen LogP contribution in [0.4, 0.5) is 4.39 Å². The van der Waals surface area contributed by atoms with E-state index in [4.69, 9.17) is 0 Å². The van der Waals surface area contributed by atoms with Crippen molar-refractivity contribution in [3.05, 3.63) is 30.1 Å². The molecule has 0 unspecified atom stereocenters. The zero-order valence-electron chi connectivity index (χ0n) is 13.6. The average Bonchev–Trinajstić information content (AvgIpc) is 2.27. The number of thioether (sulfide) groups is 1. The number of rotatable bonds is 6. The molecule has 0 heterocycles. The molecule has 0 aliphatic rings. The van der Waals surface area contributed by atoms with E-state index in [1.54, 1.807) is 23.9 Å². The Morgan fingerprint density at radius 1 is 1.14 bits per heavy atom. The Labute approximate surface area is 131 Å². The maximum Gasteiger partial charge on any atom is 0.221 e. The molecule has 1 aromatic carbocycles. The number of nitrogens with one attached hydrogen (secondary N) is 1. The van der Waals surface area contributed by atoms with Gasteiger partial charge in [-0.3, -0.25) is 4.79 Å². The molecule has 1 rings (SSSR count). The van der Waals surface area contributed by atoms with Crippen molar-refractivity contribution in [1.82, 2.24) is 5.32 Å². The summed E-state index contributed by atoms with van der Waals surface area (Å²) in [5.41, 5.74) is -0.0183. The molecule has 0 saturated carbocycles. The number of hydrogen-bond acceptors (Lipinski definition) is 2. The number of carbonyl (C=O) groups is 1. The highest BCUT2D eigenvalue weighted by atomic mass is 32.2. The molecule has 0 radical (unpaired) electrons. The highest BCUT2D eigenvalue weighted by Crippen LogP contribution is 2.27. The van der Waals surface area contributed by atoms with Crippen LogP contribution in [0.5, 0.6) is 0 Å². The maximum atomic E-state index is 12.8. The van der Waals surface area contributed by atoms with Crippen LogP contribution in [-0.2, 0) is 4.79 Å². The van der Waals surface area contributed by atoms with Crippen LogP contribution in [0.1, 0.15) is 47.5 Å². The fourth-order valence-corrected chi connectivity index (χ4v) is 3.45. The summed E-state index contributed by atoms with van der Waals surface area (Å²) in [5.74, 6) is 0.531. The zero-order chi connectivity index (χ0) is 16.1. The van der Waals surface area contributed by atoms with Gasteiger partial charge < -0.3 is 5.32 Å². The molecule has 0 fully saturated rings. The smallest absolute Gasteiger partial charge is 0.221 e. The first-order valence-electron chi connectivity index (χ1n) is 7.27. The van der Waals surface area contributed by atoms with Crippen molar-refractivity contribution in [2.75, 3.05) is 5.75 Å². The van der Waals surface area contributed by atoms with Gasteiger partial charge in [0, 0.05) is 22.6 Å². The summed E-state index contributed by atoms with van der Waals surface area (Å²) in [4.78, 5) is 13.0. The zero-order valence-corrected chi connectivity index (χ0v) is 14.4. The number of benzene rings is 1. The normalized spacial score (nSPS) is 12.3. The largest absolute Gasteiger partial charge is 0.351 e. The van der Waals surface area contributed by atoms with Gasteiger partial charge in [0.05, 0.1) is 0 Å². The van der Waals surface area contributed by atoms with Crippen LogP contribution >= 0.6 is 11.8 Å². The van der Waals surface area contributed by atoms with E-state index >= 15 is 0 Å². The Kier molecular flexibility index (Phi) is 6.26. The molecule has 21 heavy (non-hydrogen) atoms. The Balaban J connectivity index is 2.35. The van der Waals surface area contributed by atoms with Gasteiger partial charge >= 0.3 is 0 Å². The van der Waals surface area contributed by atoms with Crippen LogP contribution in [0, 0.1) is 11.2 Å².